The highest BCUT2D eigenvalue weighted by Gasteiger charge is 2.28. The van der Waals surface area contributed by atoms with Gasteiger partial charge >= 0.3 is 0 Å². The van der Waals surface area contributed by atoms with Crippen molar-refractivity contribution in [2.45, 2.75) is 39.3 Å². The summed E-state index contributed by atoms with van der Waals surface area (Å²) >= 11 is 6.20. The summed E-state index contributed by atoms with van der Waals surface area (Å²) in [6, 6.07) is 3.56. The first-order valence-electron chi connectivity index (χ1n) is 6.88. The molecule has 1 fully saturated rings. The molecule has 5 heteroatoms. The minimum Gasteiger partial charge on any atom is -0.392 e. The number of aryl methyl sites for hydroxylation is 2. The lowest BCUT2D eigenvalue weighted by atomic mass is 10.1. The van der Waals surface area contributed by atoms with E-state index in [9.17, 15) is 9.90 Å². The predicted molar refractivity (Wildman–Crippen MR) is 81.2 cm³/mol. The van der Waals surface area contributed by atoms with E-state index in [1.807, 2.05) is 37.8 Å². The summed E-state index contributed by atoms with van der Waals surface area (Å²) in [5, 5.41) is 13.0. The van der Waals surface area contributed by atoms with Crippen molar-refractivity contribution in [1.82, 2.24) is 4.90 Å². The number of rotatable bonds is 3. The second-order valence-electron chi connectivity index (χ2n) is 5.54. The third kappa shape index (κ3) is 3.32. The van der Waals surface area contributed by atoms with Gasteiger partial charge < -0.3 is 10.4 Å². The van der Waals surface area contributed by atoms with Crippen molar-refractivity contribution in [3.8, 4) is 0 Å². The number of likely N-dealkylation sites (tertiary alicyclic amines) is 1. The Balaban J connectivity index is 2.08. The van der Waals surface area contributed by atoms with Gasteiger partial charge in [-0.1, -0.05) is 17.7 Å². The zero-order valence-electron chi connectivity index (χ0n) is 12.1. The smallest absolute Gasteiger partial charge is 0.241 e. The number of carbonyl (C=O) groups is 1. The van der Waals surface area contributed by atoms with Gasteiger partial charge in [-0.2, -0.15) is 0 Å². The average Bonchev–Trinajstić information content (AvgIpc) is 2.79. The molecule has 1 aromatic rings. The van der Waals surface area contributed by atoms with E-state index < -0.39 is 0 Å². The summed E-state index contributed by atoms with van der Waals surface area (Å²) < 4.78 is 0. The van der Waals surface area contributed by atoms with E-state index in [0.29, 0.717) is 17.3 Å². The number of nitrogens with one attached hydrogen (secondary N) is 1. The molecule has 2 atom stereocenters. The minimum atomic E-state index is -0.324. The van der Waals surface area contributed by atoms with Crippen LogP contribution in [0.25, 0.3) is 0 Å². The molecule has 1 amide bonds. The molecule has 2 N–H and O–H groups in total. The van der Waals surface area contributed by atoms with Gasteiger partial charge in [-0.25, -0.2) is 0 Å². The van der Waals surface area contributed by atoms with Crippen molar-refractivity contribution < 1.29 is 9.90 Å². The van der Waals surface area contributed by atoms with E-state index in [1.165, 1.54) is 0 Å². The maximum atomic E-state index is 12.3. The van der Waals surface area contributed by atoms with Crippen LogP contribution >= 0.6 is 11.6 Å². The molecule has 0 spiro atoms. The Morgan fingerprint density at radius 3 is 2.75 bits per heavy atom. The molecule has 0 aliphatic carbocycles. The summed E-state index contributed by atoms with van der Waals surface area (Å²) in [7, 11) is 0. The highest BCUT2D eigenvalue weighted by Crippen LogP contribution is 2.27. The number of hydrogen-bond acceptors (Lipinski definition) is 3. The Bertz CT molecular complexity index is 496. The maximum Gasteiger partial charge on any atom is 0.241 e. The van der Waals surface area contributed by atoms with Crippen LogP contribution in [0.2, 0.25) is 5.02 Å². The monoisotopic (exact) mass is 296 g/mol. The third-order valence-electron chi connectivity index (χ3n) is 3.80. The number of β-amino-alcohol motifs (C(OH)–C–C–N with tert-alkyl or cyclic N) is 1. The summed E-state index contributed by atoms with van der Waals surface area (Å²) in [6.07, 6.45) is 0.400. The molecule has 0 radical (unpaired) electrons. The first-order chi connectivity index (χ1) is 9.38. The van der Waals surface area contributed by atoms with Crippen LogP contribution in [0.15, 0.2) is 12.1 Å². The Labute approximate surface area is 124 Å². The zero-order valence-corrected chi connectivity index (χ0v) is 12.9. The molecular weight excluding hydrogens is 276 g/mol. The minimum absolute atomic E-state index is 0.0899. The van der Waals surface area contributed by atoms with Crippen molar-refractivity contribution in [3.63, 3.8) is 0 Å². The van der Waals surface area contributed by atoms with Gasteiger partial charge in [-0.3, -0.25) is 9.69 Å². The van der Waals surface area contributed by atoms with Crippen LogP contribution in [0, 0.1) is 13.8 Å². The lowest BCUT2D eigenvalue weighted by Crippen LogP contribution is -2.41. The van der Waals surface area contributed by atoms with E-state index >= 15 is 0 Å². The molecule has 1 heterocycles. The van der Waals surface area contributed by atoms with Crippen molar-refractivity contribution in [3.05, 3.63) is 28.3 Å². The molecular formula is C15H21ClN2O2. The van der Waals surface area contributed by atoms with Crippen molar-refractivity contribution in [1.29, 1.82) is 0 Å². The fraction of sp³-hybridized carbons (Fsp3) is 0.533. The molecule has 2 rings (SSSR count). The Kier molecular flexibility index (Phi) is 4.68. The Hall–Kier alpha value is -1.10. The van der Waals surface area contributed by atoms with Crippen LogP contribution < -0.4 is 5.32 Å². The summed E-state index contributed by atoms with van der Waals surface area (Å²) in [6.45, 7) is 7.05. The molecule has 1 aliphatic heterocycles. The van der Waals surface area contributed by atoms with Gasteiger partial charge in [-0.15, -0.1) is 0 Å². The lowest BCUT2D eigenvalue weighted by molar-refractivity contribution is -0.120. The molecule has 0 aromatic heterocycles. The molecule has 1 aromatic carbocycles. The van der Waals surface area contributed by atoms with E-state index in [4.69, 9.17) is 11.6 Å². The molecule has 20 heavy (non-hydrogen) atoms. The second kappa shape index (κ2) is 6.12. The predicted octanol–water partition coefficient (Wildman–Crippen LogP) is 2.35. The number of amides is 1. The molecule has 0 bridgehead atoms. The summed E-state index contributed by atoms with van der Waals surface area (Å²) in [5.41, 5.74) is 2.70. The Morgan fingerprint density at radius 2 is 2.20 bits per heavy atom. The molecule has 110 valence electrons. The average molecular weight is 297 g/mol. The van der Waals surface area contributed by atoms with E-state index in [1.54, 1.807) is 0 Å². The largest absolute Gasteiger partial charge is 0.392 e. The van der Waals surface area contributed by atoms with Crippen LogP contribution in [0.3, 0.4) is 0 Å². The van der Waals surface area contributed by atoms with E-state index in [0.717, 1.165) is 24.1 Å². The first-order valence-corrected chi connectivity index (χ1v) is 7.26. The maximum absolute atomic E-state index is 12.3. The molecule has 1 saturated heterocycles. The van der Waals surface area contributed by atoms with Gasteiger partial charge in [0.15, 0.2) is 0 Å². The molecule has 1 unspecified atom stereocenters. The molecule has 0 saturated carbocycles. The number of halogens is 1. The van der Waals surface area contributed by atoms with Gasteiger partial charge in [0.1, 0.15) is 0 Å². The topological polar surface area (TPSA) is 52.6 Å². The first kappa shape index (κ1) is 15.3. The van der Waals surface area contributed by atoms with E-state index in [-0.39, 0.29) is 18.1 Å². The van der Waals surface area contributed by atoms with Crippen molar-refractivity contribution in [2.24, 2.45) is 0 Å². The number of aliphatic hydroxyl groups excluding tert-OH is 1. The van der Waals surface area contributed by atoms with Crippen LogP contribution in [0.4, 0.5) is 5.69 Å². The molecule has 4 nitrogen and oxygen atoms in total. The standard InChI is InChI=1S/C15H21ClN2O2/c1-9-6-10(2)14(13(16)7-9)17-15(20)11(3)18-5-4-12(19)8-18/h6-7,11-12,19H,4-5,8H2,1-3H3,(H,17,20)/t11?,12-/m0/s1. The quantitative estimate of drug-likeness (QED) is 0.900. The van der Waals surface area contributed by atoms with Gasteiger partial charge in [-0.05, 0) is 44.4 Å². The van der Waals surface area contributed by atoms with Crippen molar-refractivity contribution >= 4 is 23.2 Å². The normalized spacial score (nSPS) is 20.9. The SMILES string of the molecule is Cc1cc(C)c(NC(=O)C(C)N2CC[C@H](O)C2)c(Cl)c1. The lowest BCUT2D eigenvalue weighted by Gasteiger charge is -2.23. The number of aliphatic hydroxyl groups is 1. The van der Waals surface area contributed by atoms with Crippen LogP contribution in [0.5, 0.6) is 0 Å². The van der Waals surface area contributed by atoms with Crippen LogP contribution in [-0.2, 0) is 4.79 Å². The Morgan fingerprint density at radius 1 is 1.50 bits per heavy atom. The fourth-order valence-corrected chi connectivity index (χ4v) is 2.96. The third-order valence-corrected chi connectivity index (χ3v) is 4.10. The summed E-state index contributed by atoms with van der Waals surface area (Å²) in [4.78, 5) is 14.3. The number of nitrogens with zero attached hydrogens (tertiary/aromatic N) is 1. The van der Waals surface area contributed by atoms with Gasteiger partial charge in [0.2, 0.25) is 5.91 Å². The number of benzene rings is 1. The van der Waals surface area contributed by atoms with Crippen LogP contribution in [-0.4, -0.2) is 41.1 Å². The highest BCUT2D eigenvalue weighted by molar-refractivity contribution is 6.34. The van der Waals surface area contributed by atoms with Crippen molar-refractivity contribution in [2.75, 3.05) is 18.4 Å². The highest BCUT2D eigenvalue weighted by atomic mass is 35.5. The second-order valence-corrected chi connectivity index (χ2v) is 5.95. The number of anilines is 1. The summed E-state index contributed by atoms with van der Waals surface area (Å²) in [5.74, 6) is -0.0899. The van der Waals surface area contributed by atoms with Gasteiger partial charge in [0, 0.05) is 13.1 Å². The molecule has 1 aliphatic rings. The number of carbonyl (C=O) groups excluding carboxylic acids is 1. The van der Waals surface area contributed by atoms with Gasteiger partial charge in [0.05, 0.1) is 22.9 Å². The van der Waals surface area contributed by atoms with E-state index in [2.05, 4.69) is 5.32 Å². The fourth-order valence-electron chi connectivity index (χ4n) is 2.59. The zero-order chi connectivity index (χ0) is 14.9. The number of hydrogen-bond donors (Lipinski definition) is 2. The van der Waals surface area contributed by atoms with Crippen LogP contribution in [0.1, 0.15) is 24.5 Å². The van der Waals surface area contributed by atoms with Gasteiger partial charge in [0.25, 0.3) is 0 Å².